The van der Waals surface area contributed by atoms with Crippen molar-refractivity contribution in [3.63, 3.8) is 0 Å². The van der Waals surface area contributed by atoms with E-state index in [-0.39, 0.29) is 12.8 Å². The summed E-state index contributed by atoms with van der Waals surface area (Å²) >= 11 is 0. The third-order valence-electron chi connectivity index (χ3n) is 11.2. The first kappa shape index (κ1) is 61.2. The van der Waals surface area contributed by atoms with Gasteiger partial charge in [0.15, 0.2) is 6.10 Å². The lowest BCUT2D eigenvalue weighted by Gasteiger charge is -2.43. The van der Waals surface area contributed by atoms with E-state index in [2.05, 4.69) is 54.8 Å². The Labute approximate surface area is 389 Å². The minimum absolute atomic E-state index is 0.0276. The highest BCUT2D eigenvalue weighted by atomic mass is 31.2. The minimum Gasteiger partial charge on any atom is -0.462 e. The summed E-state index contributed by atoms with van der Waals surface area (Å²) < 4.78 is 49.4. The highest BCUT2D eigenvalue weighted by Gasteiger charge is 2.54. The zero-order chi connectivity index (χ0) is 48.2. The Kier molecular flexibility index (Phi) is 35.9. The highest BCUT2D eigenvalue weighted by Crippen LogP contribution is 2.49. The van der Waals surface area contributed by atoms with Crippen LogP contribution in [0.15, 0.2) is 36.5 Å². The molecule has 0 aromatic heterocycles. The molecule has 0 radical (unpaired) electrons. The van der Waals surface area contributed by atoms with Gasteiger partial charge in [-0.1, -0.05) is 147 Å². The van der Waals surface area contributed by atoms with Crippen LogP contribution < -0.4 is 0 Å². The third-order valence-corrected chi connectivity index (χ3v) is 12.7. The second kappa shape index (κ2) is 38.1. The maximum atomic E-state index is 13.0. The van der Waals surface area contributed by atoms with Gasteiger partial charge in [-0.3, -0.25) is 23.2 Å². The molecule has 65 heavy (non-hydrogen) atoms. The molecule has 380 valence electrons. The van der Waals surface area contributed by atoms with Crippen molar-refractivity contribution in [3.8, 4) is 0 Å². The van der Waals surface area contributed by atoms with Crippen LogP contribution in [0.25, 0.3) is 0 Å². The van der Waals surface area contributed by atoms with Crippen LogP contribution in [0.2, 0.25) is 0 Å². The number of hydrogen-bond acceptors (Lipinski definition) is 13. The summed E-state index contributed by atoms with van der Waals surface area (Å²) in [6.07, 6.45) is 26.7. The van der Waals surface area contributed by atoms with Gasteiger partial charge < -0.3 is 44.6 Å². The first-order chi connectivity index (χ1) is 31.1. The molecule has 0 aromatic rings. The average molecular weight is 969 g/mol. The summed E-state index contributed by atoms with van der Waals surface area (Å²) in [5.74, 6) is -1.22. The van der Waals surface area contributed by atoms with Gasteiger partial charge in [0.05, 0.1) is 6.61 Å². The lowest BCUT2D eigenvalue weighted by Crippen LogP contribution is -2.64. The van der Waals surface area contributed by atoms with E-state index in [4.69, 9.17) is 18.5 Å². The van der Waals surface area contributed by atoms with Crippen LogP contribution in [0.3, 0.4) is 0 Å². The van der Waals surface area contributed by atoms with Gasteiger partial charge in [0.25, 0.3) is 0 Å². The smallest absolute Gasteiger partial charge is 0.462 e. The van der Waals surface area contributed by atoms with Gasteiger partial charge in [-0.25, -0.2) is 9.13 Å². The summed E-state index contributed by atoms with van der Waals surface area (Å²) in [6, 6.07) is 0. The Morgan fingerprint density at radius 2 is 0.892 bits per heavy atom. The largest absolute Gasteiger partial charge is 0.472 e. The second-order valence-corrected chi connectivity index (χ2v) is 19.8. The normalized spacial score (nSPS) is 21.9. The Balaban J connectivity index is 2.58. The molecule has 1 fully saturated rings. The minimum atomic E-state index is -5.37. The molecule has 1 aliphatic carbocycles. The number of carbonyl (C=O) groups is 2. The van der Waals surface area contributed by atoms with Crippen LogP contribution in [0.1, 0.15) is 194 Å². The van der Waals surface area contributed by atoms with Crippen molar-refractivity contribution in [2.24, 2.45) is 0 Å². The van der Waals surface area contributed by atoms with Crippen molar-refractivity contribution < 1.29 is 76.9 Å². The molecule has 8 atom stereocenters. The number of phosphoric acid groups is 2. The van der Waals surface area contributed by atoms with Gasteiger partial charge in [-0.15, -0.1) is 0 Å². The molecule has 0 aromatic carbocycles. The summed E-state index contributed by atoms with van der Waals surface area (Å²) in [5.41, 5.74) is 0. The monoisotopic (exact) mass is 969 g/mol. The molecule has 7 N–H and O–H groups in total. The van der Waals surface area contributed by atoms with E-state index in [1.165, 1.54) is 57.8 Å². The van der Waals surface area contributed by atoms with Crippen molar-refractivity contribution in [2.45, 2.75) is 236 Å². The molecule has 0 saturated heterocycles. The molecule has 0 amide bonds. The molecule has 18 heteroatoms. The Morgan fingerprint density at radius 1 is 0.492 bits per heavy atom. The van der Waals surface area contributed by atoms with Crippen molar-refractivity contribution in [1.29, 1.82) is 0 Å². The van der Waals surface area contributed by atoms with Crippen molar-refractivity contribution >= 4 is 27.6 Å². The van der Waals surface area contributed by atoms with E-state index in [0.717, 1.165) is 96.3 Å². The fourth-order valence-corrected chi connectivity index (χ4v) is 8.88. The standard InChI is InChI=1S/C47H86O16P2/c1-3-5-7-9-11-13-15-17-19-20-22-23-25-27-29-31-33-35-40(48)59-37-39(61-41(49)36-34-32-30-28-26-24-21-18-16-14-12-10-8-6-4-2)38-60-65(57,58)63-47-44(52)42(50)43(51)46(45(47)53)62-64(54,55)56/h12,14,17-19,21,39,42-47,50-53H,3-11,13,15-16,20,22-38H2,1-2H3,(H,57,58)(H2,54,55,56). The molecular weight excluding hydrogens is 882 g/mol. The molecule has 1 saturated carbocycles. The number of unbranched alkanes of at least 4 members (excludes halogenated alkanes) is 21. The average Bonchev–Trinajstić information content (AvgIpc) is 3.26. The summed E-state index contributed by atoms with van der Waals surface area (Å²) in [6.45, 7) is 3.07. The SMILES string of the molecule is CCCCCC=CCC=CCCCCCCCC(=O)OC(COC(=O)CCCCCCCCCC=CCCCCCCCC)COP(=O)(O)OC1C(O)C(O)C(O)C(OP(=O)(O)O)C1O. The van der Waals surface area contributed by atoms with E-state index >= 15 is 0 Å². The summed E-state index contributed by atoms with van der Waals surface area (Å²) in [4.78, 5) is 54.3. The molecule has 0 bridgehead atoms. The Hall–Kier alpha value is -1.78. The predicted octanol–water partition coefficient (Wildman–Crippen LogP) is 9.51. The number of allylic oxidation sites excluding steroid dienone is 6. The number of carbonyl (C=O) groups excluding carboxylic acids is 2. The van der Waals surface area contributed by atoms with E-state index in [1.807, 2.05) is 0 Å². The molecule has 1 rings (SSSR count). The molecule has 1 aliphatic rings. The van der Waals surface area contributed by atoms with Gasteiger partial charge in [-0.05, 0) is 70.6 Å². The predicted molar refractivity (Wildman–Crippen MR) is 250 cm³/mol. The number of phosphoric ester groups is 2. The number of rotatable bonds is 41. The maximum absolute atomic E-state index is 13.0. The van der Waals surface area contributed by atoms with E-state index in [0.29, 0.717) is 12.8 Å². The molecule has 8 unspecified atom stereocenters. The fraction of sp³-hybridized carbons (Fsp3) is 0.830. The van der Waals surface area contributed by atoms with Crippen molar-refractivity contribution in [3.05, 3.63) is 36.5 Å². The van der Waals surface area contributed by atoms with Crippen LogP contribution in [-0.2, 0) is 41.8 Å². The maximum Gasteiger partial charge on any atom is 0.472 e. The summed E-state index contributed by atoms with van der Waals surface area (Å²) in [5, 5.41) is 41.2. The fourth-order valence-electron chi connectivity index (χ4n) is 7.34. The lowest BCUT2D eigenvalue weighted by atomic mass is 9.85. The van der Waals surface area contributed by atoms with Gasteiger partial charge in [0.1, 0.15) is 43.2 Å². The van der Waals surface area contributed by atoms with E-state index in [1.54, 1.807) is 0 Å². The third kappa shape index (κ3) is 32.6. The van der Waals surface area contributed by atoms with Crippen LogP contribution in [-0.4, -0.2) is 103 Å². The number of esters is 2. The quantitative estimate of drug-likeness (QED) is 0.0130. The van der Waals surface area contributed by atoms with Crippen LogP contribution >= 0.6 is 15.6 Å². The van der Waals surface area contributed by atoms with Crippen LogP contribution in [0, 0.1) is 0 Å². The molecule has 0 aliphatic heterocycles. The van der Waals surface area contributed by atoms with E-state index < -0.39 is 83.5 Å². The molecular formula is C47H86O16P2. The zero-order valence-corrected chi connectivity index (χ0v) is 41.2. The second-order valence-electron chi connectivity index (χ2n) is 17.2. The lowest BCUT2D eigenvalue weighted by molar-refractivity contribution is -0.216. The Morgan fingerprint density at radius 3 is 1.38 bits per heavy atom. The molecule has 0 spiro atoms. The topological polar surface area (TPSA) is 256 Å². The van der Waals surface area contributed by atoms with E-state index in [9.17, 15) is 53.8 Å². The van der Waals surface area contributed by atoms with Crippen molar-refractivity contribution in [2.75, 3.05) is 13.2 Å². The Bertz CT molecular complexity index is 1400. The highest BCUT2D eigenvalue weighted by molar-refractivity contribution is 7.47. The van der Waals surface area contributed by atoms with Crippen LogP contribution in [0.5, 0.6) is 0 Å². The number of aliphatic hydroxyl groups is 4. The van der Waals surface area contributed by atoms with Crippen LogP contribution in [0.4, 0.5) is 0 Å². The number of aliphatic hydroxyl groups excluding tert-OH is 4. The number of ether oxygens (including phenoxy) is 2. The van der Waals surface area contributed by atoms with Gasteiger partial charge in [-0.2, -0.15) is 0 Å². The van der Waals surface area contributed by atoms with Gasteiger partial charge >= 0.3 is 27.6 Å². The van der Waals surface area contributed by atoms with Gasteiger partial charge in [0.2, 0.25) is 0 Å². The first-order valence-corrected chi connectivity index (χ1v) is 27.6. The molecule has 0 heterocycles. The summed E-state index contributed by atoms with van der Waals surface area (Å²) in [7, 11) is -10.7. The first-order valence-electron chi connectivity index (χ1n) is 24.5. The van der Waals surface area contributed by atoms with Gasteiger partial charge in [0, 0.05) is 12.8 Å². The number of hydrogen-bond donors (Lipinski definition) is 7. The molecule has 16 nitrogen and oxygen atoms in total. The van der Waals surface area contributed by atoms with Crippen molar-refractivity contribution in [1.82, 2.24) is 0 Å². The zero-order valence-electron chi connectivity index (χ0n) is 39.4.